The Morgan fingerprint density at radius 2 is 1.05 bits per heavy atom. The number of para-hydroxylation sites is 5. The number of rotatable bonds is 2. The third-order valence-electron chi connectivity index (χ3n) is 13.1. The maximum Gasteiger partial charge on any atom is 0.333 e. The summed E-state index contributed by atoms with van der Waals surface area (Å²) in [5, 5.41) is 5.12. The van der Waals surface area contributed by atoms with Gasteiger partial charge >= 0.3 is 6.85 Å². The first kappa shape index (κ1) is 29.7. The van der Waals surface area contributed by atoms with Gasteiger partial charge in [0.1, 0.15) is 0 Å². The SMILES string of the molecule is CC1(C)c2ccccc2-c2cc3c(cc21)N(c1ccccc1)B1c2ccccc2-n2c4ccccc4c4c(-n5c6ccccc6c6ccccc65)cc-3c1c42. The molecule has 1 aliphatic carbocycles. The van der Waals surface area contributed by atoms with Gasteiger partial charge in [-0.1, -0.05) is 129 Å². The highest BCUT2D eigenvalue weighted by Crippen LogP contribution is 2.55. The number of benzene rings is 8. The van der Waals surface area contributed by atoms with E-state index < -0.39 is 0 Å². The van der Waals surface area contributed by atoms with Gasteiger partial charge in [-0.3, -0.25) is 0 Å². The molecule has 0 unspecified atom stereocenters. The highest BCUT2D eigenvalue weighted by atomic mass is 15.1. The Kier molecular flexibility index (Phi) is 5.53. The second kappa shape index (κ2) is 10.2. The molecule has 2 aliphatic heterocycles. The fourth-order valence-electron chi connectivity index (χ4n) is 10.8. The van der Waals surface area contributed by atoms with Crippen LogP contribution in [-0.2, 0) is 5.41 Å². The van der Waals surface area contributed by atoms with Gasteiger partial charge in [-0.15, -0.1) is 0 Å². The topological polar surface area (TPSA) is 13.1 Å². The van der Waals surface area contributed by atoms with Crippen molar-refractivity contribution in [1.29, 1.82) is 0 Å². The maximum atomic E-state index is 2.65. The van der Waals surface area contributed by atoms with Crippen molar-refractivity contribution in [3.05, 3.63) is 181 Å². The molecule has 0 amide bonds. The van der Waals surface area contributed by atoms with Gasteiger partial charge in [0.05, 0.1) is 27.8 Å². The average Bonchev–Trinajstić information content (AvgIpc) is 3.84. The summed E-state index contributed by atoms with van der Waals surface area (Å²) in [4.78, 5) is 2.65. The summed E-state index contributed by atoms with van der Waals surface area (Å²) in [5.41, 5.74) is 20.5. The molecule has 0 bridgehead atoms. The third-order valence-corrected chi connectivity index (χ3v) is 13.1. The number of hydrogen-bond donors (Lipinski definition) is 0. The first-order chi connectivity index (χ1) is 27.1. The molecular formula is C51H34BN3. The van der Waals surface area contributed by atoms with Crippen LogP contribution >= 0.6 is 0 Å². The summed E-state index contributed by atoms with van der Waals surface area (Å²) in [6.45, 7) is 4.76. The molecule has 4 heteroatoms. The number of aromatic nitrogens is 2. The van der Waals surface area contributed by atoms with E-state index in [1.165, 1.54) is 111 Å². The molecule has 3 aliphatic rings. The Bertz CT molecular complexity index is 3260. The van der Waals surface area contributed by atoms with Crippen molar-refractivity contribution in [3.8, 4) is 33.6 Å². The lowest BCUT2D eigenvalue weighted by molar-refractivity contribution is 0.660. The van der Waals surface area contributed by atoms with E-state index in [4.69, 9.17) is 0 Å². The van der Waals surface area contributed by atoms with Gasteiger partial charge in [0.2, 0.25) is 0 Å². The third kappa shape index (κ3) is 3.58. The van der Waals surface area contributed by atoms with E-state index in [0.29, 0.717) is 0 Å². The average molecular weight is 700 g/mol. The monoisotopic (exact) mass is 699 g/mol. The van der Waals surface area contributed by atoms with E-state index in [-0.39, 0.29) is 12.3 Å². The summed E-state index contributed by atoms with van der Waals surface area (Å²) in [6.07, 6.45) is 0. The van der Waals surface area contributed by atoms with Crippen molar-refractivity contribution in [1.82, 2.24) is 9.13 Å². The highest BCUT2D eigenvalue weighted by Gasteiger charge is 2.46. The number of fused-ring (bicyclic) bond motifs is 14. The van der Waals surface area contributed by atoms with Crippen LogP contribution < -0.4 is 15.7 Å². The zero-order valence-corrected chi connectivity index (χ0v) is 30.6. The summed E-state index contributed by atoms with van der Waals surface area (Å²) in [5.74, 6) is 0. The van der Waals surface area contributed by atoms with E-state index >= 15 is 0 Å². The van der Waals surface area contributed by atoms with Gasteiger partial charge in [-0.2, -0.15) is 0 Å². The van der Waals surface area contributed by atoms with Crippen LogP contribution in [0.5, 0.6) is 0 Å². The molecule has 0 saturated carbocycles. The lowest BCUT2D eigenvalue weighted by atomic mass is 9.44. The molecular weight excluding hydrogens is 665 g/mol. The molecule has 0 fully saturated rings. The first-order valence-corrected chi connectivity index (χ1v) is 19.4. The van der Waals surface area contributed by atoms with Crippen LogP contribution in [0.4, 0.5) is 11.4 Å². The van der Waals surface area contributed by atoms with Crippen molar-refractivity contribution in [2.75, 3.05) is 4.81 Å². The largest absolute Gasteiger partial charge is 0.376 e. The minimum absolute atomic E-state index is 0.0300. The van der Waals surface area contributed by atoms with Crippen LogP contribution in [0.1, 0.15) is 25.0 Å². The molecule has 10 aromatic rings. The Balaban J connectivity index is 1.27. The number of nitrogens with zero attached hydrogens (tertiary/aromatic N) is 3. The molecule has 3 nitrogen and oxygen atoms in total. The molecule has 4 heterocycles. The molecule has 0 atom stereocenters. The lowest BCUT2D eigenvalue weighted by Crippen LogP contribution is -2.60. The van der Waals surface area contributed by atoms with Crippen LogP contribution in [0, 0.1) is 0 Å². The quantitative estimate of drug-likeness (QED) is 0.164. The minimum Gasteiger partial charge on any atom is -0.376 e. The molecule has 0 radical (unpaired) electrons. The second-order valence-corrected chi connectivity index (χ2v) is 16.1. The van der Waals surface area contributed by atoms with Crippen molar-refractivity contribution >= 4 is 72.8 Å². The van der Waals surface area contributed by atoms with E-state index in [2.05, 4.69) is 198 Å². The van der Waals surface area contributed by atoms with Crippen LogP contribution in [-0.4, -0.2) is 16.0 Å². The van der Waals surface area contributed by atoms with Crippen molar-refractivity contribution in [3.63, 3.8) is 0 Å². The normalized spacial score (nSPS) is 14.4. The Morgan fingerprint density at radius 1 is 0.436 bits per heavy atom. The van der Waals surface area contributed by atoms with Gasteiger partial charge in [-0.05, 0) is 93.3 Å². The Labute approximate surface area is 319 Å². The maximum absolute atomic E-state index is 2.65. The molecule has 13 rings (SSSR count). The molecule has 0 spiro atoms. The summed E-state index contributed by atoms with van der Waals surface area (Å²) < 4.78 is 5.12. The highest BCUT2D eigenvalue weighted by molar-refractivity contribution is 6.93. The predicted molar refractivity (Wildman–Crippen MR) is 232 cm³/mol. The summed E-state index contributed by atoms with van der Waals surface area (Å²) in [6, 6.07) is 63.7. The fourth-order valence-corrected chi connectivity index (χ4v) is 10.8. The van der Waals surface area contributed by atoms with Gasteiger partial charge < -0.3 is 13.9 Å². The van der Waals surface area contributed by atoms with Crippen molar-refractivity contribution in [2.45, 2.75) is 19.3 Å². The smallest absolute Gasteiger partial charge is 0.333 e. The predicted octanol–water partition coefficient (Wildman–Crippen LogP) is 11.4. The van der Waals surface area contributed by atoms with Gasteiger partial charge in [0.25, 0.3) is 0 Å². The van der Waals surface area contributed by atoms with Gasteiger partial charge in [0, 0.05) is 49.6 Å². The molecule has 8 aromatic carbocycles. The Hall–Kier alpha value is -6.78. The minimum atomic E-state index is -0.126. The fraction of sp³-hybridized carbons (Fsp3) is 0.0588. The standard InChI is InChI=1S/C51H34BN3/c1-51(2)39-22-10-6-18-32(39)36-28-37-38-29-47(53-42-24-12-7-19-33(42)34-20-8-13-25-43(34)53)48-35-21-9-14-26-44(35)54-45-27-15-11-23-41(45)52(49(38)50(48)54)55(46(37)30-40(36)51)31-16-4-3-5-17-31/h3-30H,1-2H3. The van der Waals surface area contributed by atoms with Crippen LogP contribution in [0.15, 0.2) is 170 Å². The molecule has 55 heavy (non-hydrogen) atoms. The van der Waals surface area contributed by atoms with E-state index in [1.807, 2.05) is 0 Å². The zero-order chi connectivity index (χ0) is 36.2. The lowest BCUT2D eigenvalue weighted by Gasteiger charge is -2.42. The molecule has 2 aromatic heterocycles. The Morgan fingerprint density at radius 3 is 1.82 bits per heavy atom. The van der Waals surface area contributed by atoms with Crippen LogP contribution in [0.2, 0.25) is 0 Å². The summed E-state index contributed by atoms with van der Waals surface area (Å²) >= 11 is 0. The van der Waals surface area contributed by atoms with Gasteiger partial charge in [-0.25, -0.2) is 0 Å². The molecule has 0 saturated heterocycles. The second-order valence-electron chi connectivity index (χ2n) is 16.1. The zero-order valence-electron chi connectivity index (χ0n) is 30.6. The molecule has 256 valence electrons. The summed E-state index contributed by atoms with van der Waals surface area (Å²) in [7, 11) is 0. The van der Waals surface area contributed by atoms with E-state index in [0.717, 1.165) is 0 Å². The molecule has 0 N–H and O–H groups in total. The van der Waals surface area contributed by atoms with Crippen molar-refractivity contribution < 1.29 is 0 Å². The number of hydrogen-bond acceptors (Lipinski definition) is 1. The van der Waals surface area contributed by atoms with Gasteiger partial charge in [0.15, 0.2) is 0 Å². The van der Waals surface area contributed by atoms with Crippen molar-refractivity contribution in [2.24, 2.45) is 0 Å². The van der Waals surface area contributed by atoms with Crippen LogP contribution in [0.25, 0.3) is 77.2 Å². The van der Waals surface area contributed by atoms with E-state index in [9.17, 15) is 0 Å². The van der Waals surface area contributed by atoms with E-state index in [1.54, 1.807) is 0 Å². The number of anilines is 2. The first-order valence-electron chi connectivity index (χ1n) is 19.4. The van der Waals surface area contributed by atoms with Crippen LogP contribution in [0.3, 0.4) is 0 Å².